The third-order valence-corrected chi connectivity index (χ3v) is 5.89. The summed E-state index contributed by atoms with van der Waals surface area (Å²) in [6.07, 6.45) is 3.98. The Hall–Kier alpha value is -3.27. The average molecular weight is 371 g/mol. The molecule has 0 bridgehead atoms. The number of aryl methyl sites for hydroxylation is 1. The zero-order chi connectivity index (χ0) is 19.3. The van der Waals surface area contributed by atoms with Gasteiger partial charge >= 0.3 is 5.97 Å². The lowest BCUT2D eigenvalue weighted by atomic mass is 9.89. The Morgan fingerprint density at radius 1 is 0.929 bits per heavy atom. The molecule has 0 amide bonds. The number of fused-ring (bicyclic) bond motifs is 4. The summed E-state index contributed by atoms with van der Waals surface area (Å²) in [7, 11) is 0. The Morgan fingerprint density at radius 2 is 1.71 bits per heavy atom. The minimum Gasteiger partial charge on any atom is -0.507 e. The molecule has 28 heavy (non-hydrogen) atoms. The lowest BCUT2D eigenvalue weighted by molar-refractivity contribution is 0.0699. The predicted molar refractivity (Wildman–Crippen MR) is 110 cm³/mol. The largest absolute Gasteiger partial charge is 0.507 e. The fourth-order valence-electron chi connectivity index (χ4n) is 4.60. The first-order valence-corrected chi connectivity index (χ1v) is 9.71. The smallest absolute Gasteiger partial charge is 0.336 e. The van der Waals surface area contributed by atoms with E-state index in [-0.39, 0.29) is 11.3 Å². The van der Waals surface area contributed by atoms with E-state index in [1.807, 2.05) is 24.3 Å². The van der Waals surface area contributed by atoms with Crippen LogP contribution in [0, 0.1) is 0 Å². The van der Waals surface area contributed by atoms with E-state index in [1.165, 1.54) is 5.56 Å². The summed E-state index contributed by atoms with van der Waals surface area (Å²) in [5.74, 6) is -0.709. The number of rotatable bonds is 3. The zero-order valence-corrected chi connectivity index (χ0v) is 15.5. The van der Waals surface area contributed by atoms with Crippen LogP contribution in [0.5, 0.6) is 5.75 Å². The summed E-state index contributed by atoms with van der Waals surface area (Å²) in [5, 5.41) is 22.3. The molecule has 0 saturated carbocycles. The number of phenolic OH excluding ortho intramolecular Hbond substituents is 1. The van der Waals surface area contributed by atoms with Gasteiger partial charge in [-0.2, -0.15) is 0 Å². The van der Waals surface area contributed by atoms with Gasteiger partial charge < -0.3 is 14.8 Å². The Labute approximate surface area is 162 Å². The first-order valence-electron chi connectivity index (χ1n) is 9.71. The molecule has 1 aromatic heterocycles. The predicted octanol–water partition coefficient (Wildman–Crippen LogP) is 5.13. The Morgan fingerprint density at radius 3 is 2.50 bits per heavy atom. The van der Waals surface area contributed by atoms with Crippen LogP contribution in [0.1, 0.15) is 39.9 Å². The molecule has 0 fully saturated rings. The van der Waals surface area contributed by atoms with Crippen molar-refractivity contribution < 1.29 is 15.0 Å². The molecule has 0 unspecified atom stereocenters. The van der Waals surface area contributed by atoms with Gasteiger partial charge in [-0.25, -0.2) is 4.79 Å². The monoisotopic (exact) mass is 371 g/mol. The summed E-state index contributed by atoms with van der Waals surface area (Å²) < 4.78 is 2.14. The fourth-order valence-corrected chi connectivity index (χ4v) is 4.60. The molecule has 0 radical (unpaired) electrons. The lowest BCUT2D eigenvalue weighted by Gasteiger charge is -2.18. The van der Waals surface area contributed by atoms with Crippen molar-refractivity contribution in [3.05, 3.63) is 76.9 Å². The van der Waals surface area contributed by atoms with Crippen LogP contribution in [-0.2, 0) is 19.4 Å². The number of hydrogen-bond donors (Lipinski definition) is 2. The molecule has 2 N–H and O–H groups in total. The maximum absolute atomic E-state index is 11.9. The Balaban J connectivity index is 1.90. The average Bonchev–Trinajstić information content (AvgIpc) is 3.03. The van der Waals surface area contributed by atoms with Crippen molar-refractivity contribution in [3.8, 4) is 5.75 Å². The highest BCUT2D eigenvalue weighted by atomic mass is 16.4. The molecule has 1 aliphatic rings. The van der Waals surface area contributed by atoms with Crippen molar-refractivity contribution >= 4 is 27.8 Å². The van der Waals surface area contributed by atoms with Crippen LogP contribution in [0.4, 0.5) is 0 Å². The number of benzene rings is 3. The van der Waals surface area contributed by atoms with Gasteiger partial charge in [0.2, 0.25) is 0 Å². The van der Waals surface area contributed by atoms with Crippen molar-refractivity contribution in [2.45, 2.75) is 32.2 Å². The quantitative estimate of drug-likeness (QED) is 0.525. The van der Waals surface area contributed by atoms with Gasteiger partial charge in [0.05, 0.1) is 22.0 Å². The molecule has 4 heteroatoms. The van der Waals surface area contributed by atoms with Crippen molar-refractivity contribution in [1.29, 1.82) is 0 Å². The zero-order valence-electron chi connectivity index (χ0n) is 15.5. The summed E-state index contributed by atoms with van der Waals surface area (Å²) in [5.41, 5.74) is 5.30. The summed E-state index contributed by atoms with van der Waals surface area (Å²) in [6.45, 7) is 0.627. The van der Waals surface area contributed by atoms with Gasteiger partial charge in [0.15, 0.2) is 0 Å². The van der Waals surface area contributed by atoms with Crippen molar-refractivity contribution in [2.24, 2.45) is 0 Å². The van der Waals surface area contributed by atoms with Crippen LogP contribution in [0.25, 0.3) is 21.8 Å². The van der Waals surface area contributed by atoms with Crippen LogP contribution >= 0.6 is 0 Å². The van der Waals surface area contributed by atoms with Crippen LogP contribution in [0.2, 0.25) is 0 Å². The molecular formula is C24H21NO3. The SMILES string of the molecule is O=C(O)c1cccc2c1c1c(O)c3c(cc1n2Cc1ccccc1)CCCC3. The van der Waals surface area contributed by atoms with Gasteiger partial charge in [-0.15, -0.1) is 0 Å². The molecule has 1 heterocycles. The second-order valence-corrected chi connectivity index (χ2v) is 7.54. The van der Waals surface area contributed by atoms with E-state index in [0.29, 0.717) is 17.3 Å². The molecule has 0 aliphatic heterocycles. The second-order valence-electron chi connectivity index (χ2n) is 7.54. The fraction of sp³-hybridized carbons (Fsp3) is 0.208. The molecule has 140 valence electrons. The van der Waals surface area contributed by atoms with Gasteiger partial charge in [-0.1, -0.05) is 36.4 Å². The first-order chi connectivity index (χ1) is 13.6. The van der Waals surface area contributed by atoms with Crippen molar-refractivity contribution in [2.75, 3.05) is 0 Å². The van der Waals surface area contributed by atoms with Crippen LogP contribution < -0.4 is 0 Å². The number of carboxylic acids is 1. The molecule has 3 aromatic carbocycles. The number of hydrogen-bond acceptors (Lipinski definition) is 2. The molecular weight excluding hydrogens is 350 g/mol. The number of aromatic hydroxyl groups is 1. The van der Waals surface area contributed by atoms with E-state index in [1.54, 1.807) is 12.1 Å². The van der Waals surface area contributed by atoms with Gasteiger partial charge in [-0.05, 0) is 60.6 Å². The van der Waals surface area contributed by atoms with Crippen LogP contribution in [0.15, 0.2) is 54.6 Å². The Kier molecular flexibility index (Phi) is 3.86. The van der Waals surface area contributed by atoms with E-state index in [4.69, 9.17) is 0 Å². The van der Waals surface area contributed by atoms with Gasteiger partial charge in [0.1, 0.15) is 5.75 Å². The lowest BCUT2D eigenvalue weighted by Crippen LogP contribution is -2.04. The van der Waals surface area contributed by atoms with Crippen LogP contribution in [-0.4, -0.2) is 20.7 Å². The number of aromatic nitrogens is 1. The van der Waals surface area contributed by atoms with E-state index < -0.39 is 5.97 Å². The van der Waals surface area contributed by atoms with E-state index >= 15 is 0 Å². The highest BCUT2D eigenvalue weighted by Crippen LogP contribution is 2.42. The number of nitrogens with zero attached hydrogens (tertiary/aromatic N) is 1. The standard InChI is InChI=1S/C24H21NO3/c26-23-17-10-5-4-9-16(17)13-20-22(23)21-18(24(27)28)11-6-12-19(21)25(20)14-15-7-2-1-3-8-15/h1-3,6-8,11-13,26H,4-5,9-10,14H2,(H,27,28). The van der Waals surface area contributed by atoms with Gasteiger partial charge in [-0.3, -0.25) is 0 Å². The molecule has 0 atom stereocenters. The van der Waals surface area contributed by atoms with Crippen LogP contribution in [0.3, 0.4) is 0 Å². The molecule has 4 nitrogen and oxygen atoms in total. The van der Waals surface area contributed by atoms with E-state index in [0.717, 1.165) is 47.8 Å². The van der Waals surface area contributed by atoms with Crippen molar-refractivity contribution in [1.82, 2.24) is 4.57 Å². The number of carboxylic acid groups (broad SMARTS) is 1. The van der Waals surface area contributed by atoms with E-state index in [2.05, 4.69) is 22.8 Å². The topological polar surface area (TPSA) is 62.5 Å². The van der Waals surface area contributed by atoms with Gasteiger partial charge in [0, 0.05) is 11.9 Å². The maximum Gasteiger partial charge on any atom is 0.336 e. The minimum atomic E-state index is -0.971. The minimum absolute atomic E-state index is 0.236. The van der Waals surface area contributed by atoms with Crippen molar-refractivity contribution in [3.63, 3.8) is 0 Å². The second kappa shape index (κ2) is 6.41. The third-order valence-electron chi connectivity index (χ3n) is 5.89. The molecule has 5 rings (SSSR count). The van der Waals surface area contributed by atoms with E-state index in [9.17, 15) is 15.0 Å². The first kappa shape index (κ1) is 16.9. The molecule has 1 aliphatic carbocycles. The Bertz CT molecular complexity index is 1220. The molecule has 0 saturated heterocycles. The van der Waals surface area contributed by atoms with Gasteiger partial charge in [0.25, 0.3) is 0 Å². The summed E-state index contributed by atoms with van der Waals surface area (Å²) in [4.78, 5) is 11.9. The number of carbonyl (C=O) groups is 1. The highest BCUT2D eigenvalue weighted by Gasteiger charge is 2.24. The summed E-state index contributed by atoms with van der Waals surface area (Å²) >= 11 is 0. The third kappa shape index (κ3) is 2.48. The normalized spacial score (nSPS) is 13.7. The number of phenols is 1. The molecule has 0 spiro atoms. The molecule has 4 aromatic rings. The summed E-state index contributed by atoms with van der Waals surface area (Å²) in [6, 6.07) is 17.6. The maximum atomic E-state index is 11.9. The highest BCUT2D eigenvalue weighted by molar-refractivity contribution is 6.19. The number of aromatic carboxylic acids is 1.